The maximum Gasteiger partial charge on any atom is 0.258 e. The summed E-state index contributed by atoms with van der Waals surface area (Å²) in [5, 5.41) is 2.70. The van der Waals surface area contributed by atoms with Crippen molar-refractivity contribution in [1.82, 2.24) is 5.32 Å². The van der Waals surface area contributed by atoms with E-state index in [1.807, 2.05) is 32.0 Å². The molecule has 1 amide bonds. The Morgan fingerprint density at radius 2 is 2.00 bits per heavy atom. The molecule has 110 valence electrons. The van der Waals surface area contributed by atoms with Gasteiger partial charge in [-0.05, 0) is 31.4 Å². The molecule has 1 aliphatic heterocycles. The van der Waals surface area contributed by atoms with Crippen LogP contribution < -0.4 is 10.1 Å². The fourth-order valence-electron chi connectivity index (χ4n) is 2.34. The zero-order valence-corrected chi connectivity index (χ0v) is 12.5. The highest BCUT2D eigenvalue weighted by Gasteiger charge is 2.28. The van der Waals surface area contributed by atoms with Gasteiger partial charge in [-0.3, -0.25) is 4.79 Å². The fourth-order valence-corrected chi connectivity index (χ4v) is 4.02. The van der Waals surface area contributed by atoms with Gasteiger partial charge in [0.2, 0.25) is 0 Å². The third kappa shape index (κ3) is 3.72. The van der Waals surface area contributed by atoms with Gasteiger partial charge in [0, 0.05) is 6.04 Å². The molecule has 1 N–H and O–H groups in total. The molecule has 1 heterocycles. The minimum atomic E-state index is -2.98. The van der Waals surface area contributed by atoms with E-state index in [0.717, 1.165) is 11.1 Å². The quantitative estimate of drug-likeness (QED) is 0.899. The van der Waals surface area contributed by atoms with Crippen LogP contribution in [0.3, 0.4) is 0 Å². The molecule has 0 saturated carbocycles. The average molecular weight is 297 g/mol. The summed E-state index contributed by atoms with van der Waals surface area (Å²) >= 11 is 0. The first-order chi connectivity index (χ1) is 9.37. The van der Waals surface area contributed by atoms with Gasteiger partial charge in [-0.15, -0.1) is 0 Å². The number of rotatable bonds is 4. The molecule has 6 heteroatoms. The number of sulfone groups is 1. The number of hydrogen-bond acceptors (Lipinski definition) is 4. The molecular formula is C14H19NO4S. The average Bonchev–Trinajstić information content (AvgIpc) is 2.68. The molecule has 0 spiro atoms. The first-order valence-corrected chi connectivity index (χ1v) is 8.38. The second-order valence-electron chi connectivity index (χ2n) is 5.18. The molecule has 0 radical (unpaired) electrons. The standard InChI is InChI=1S/C14H19NO4S/c1-10-4-3-5-11(2)14(10)19-8-13(16)15-12-6-7-20(17,18)9-12/h3-5,12H,6-9H2,1-2H3,(H,15,16). The molecule has 0 bridgehead atoms. The molecule has 20 heavy (non-hydrogen) atoms. The van der Waals surface area contributed by atoms with Gasteiger partial charge in [-0.25, -0.2) is 8.42 Å². The van der Waals surface area contributed by atoms with Crippen LogP contribution in [0.25, 0.3) is 0 Å². The third-order valence-electron chi connectivity index (χ3n) is 3.35. The number of hydrogen-bond donors (Lipinski definition) is 1. The predicted molar refractivity (Wildman–Crippen MR) is 76.6 cm³/mol. The topological polar surface area (TPSA) is 72.5 Å². The lowest BCUT2D eigenvalue weighted by atomic mass is 10.1. The number of para-hydroxylation sites is 1. The predicted octanol–water partition coefficient (Wildman–Crippen LogP) is 0.986. The van der Waals surface area contributed by atoms with Crippen LogP contribution in [-0.2, 0) is 14.6 Å². The van der Waals surface area contributed by atoms with E-state index < -0.39 is 9.84 Å². The molecule has 0 aromatic heterocycles. The number of carbonyl (C=O) groups is 1. The molecule has 1 atom stereocenters. The summed E-state index contributed by atoms with van der Waals surface area (Å²) in [6.07, 6.45) is 0.484. The number of amides is 1. The Morgan fingerprint density at radius 3 is 2.55 bits per heavy atom. The highest BCUT2D eigenvalue weighted by molar-refractivity contribution is 7.91. The summed E-state index contributed by atoms with van der Waals surface area (Å²) < 4.78 is 28.1. The van der Waals surface area contributed by atoms with E-state index in [2.05, 4.69) is 5.32 Å². The van der Waals surface area contributed by atoms with Crippen LogP contribution in [-0.4, -0.2) is 38.5 Å². The molecule has 0 aliphatic carbocycles. The summed E-state index contributed by atoms with van der Waals surface area (Å²) in [4.78, 5) is 11.8. The second-order valence-corrected chi connectivity index (χ2v) is 7.41. The van der Waals surface area contributed by atoms with Gasteiger partial charge in [0.1, 0.15) is 5.75 Å². The zero-order chi connectivity index (χ0) is 14.8. The van der Waals surface area contributed by atoms with Crippen molar-refractivity contribution in [2.24, 2.45) is 0 Å². The normalized spacial score (nSPS) is 20.6. The van der Waals surface area contributed by atoms with Crippen LogP contribution >= 0.6 is 0 Å². The first kappa shape index (κ1) is 14.8. The molecular weight excluding hydrogens is 278 g/mol. The highest BCUT2D eigenvalue weighted by atomic mass is 32.2. The lowest BCUT2D eigenvalue weighted by Gasteiger charge is -2.14. The molecule has 1 saturated heterocycles. The Bertz CT molecular complexity index is 589. The molecule has 1 aromatic carbocycles. The largest absolute Gasteiger partial charge is 0.483 e. The van der Waals surface area contributed by atoms with Crippen LogP contribution in [0.4, 0.5) is 0 Å². The number of nitrogens with one attached hydrogen (secondary N) is 1. The Hall–Kier alpha value is -1.56. The summed E-state index contributed by atoms with van der Waals surface area (Å²) in [7, 11) is -2.98. The zero-order valence-electron chi connectivity index (χ0n) is 11.7. The van der Waals surface area contributed by atoms with Crippen LogP contribution in [0.1, 0.15) is 17.5 Å². The van der Waals surface area contributed by atoms with Gasteiger partial charge in [0.05, 0.1) is 11.5 Å². The van der Waals surface area contributed by atoms with E-state index in [1.54, 1.807) is 0 Å². The molecule has 1 aliphatic rings. The first-order valence-electron chi connectivity index (χ1n) is 6.56. The Balaban J connectivity index is 1.87. The van der Waals surface area contributed by atoms with Crippen molar-refractivity contribution in [2.75, 3.05) is 18.1 Å². The Morgan fingerprint density at radius 1 is 1.35 bits per heavy atom. The van der Waals surface area contributed by atoms with Gasteiger partial charge >= 0.3 is 0 Å². The van der Waals surface area contributed by atoms with Crippen molar-refractivity contribution >= 4 is 15.7 Å². The monoisotopic (exact) mass is 297 g/mol. The van der Waals surface area contributed by atoms with Crippen molar-refractivity contribution in [3.8, 4) is 5.75 Å². The Labute approximate surface area is 119 Å². The highest BCUT2D eigenvalue weighted by Crippen LogP contribution is 2.22. The second kappa shape index (κ2) is 5.83. The summed E-state index contributed by atoms with van der Waals surface area (Å²) in [6.45, 7) is 3.75. The van der Waals surface area contributed by atoms with Crippen molar-refractivity contribution in [3.63, 3.8) is 0 Å². The molecule has 1 unspecified atom stereocenters. The summed E-state index contributed by atoms with van der Waals surface area (Å²) in [6, 6.07) is 5.49. The third-order valence-corrected chi connectivity index (χ3v) is 5.12. The van der Waals surface area contributed by atoms with E-state index in [1.165, 1.54) is 0 Å². The lowest BCUT2D eigenvalue weighted by Crippen LogP contribution is -2.38. The van der Waals surface area contributed by atoms with Crippen molar-refractivity contribution in [3.05, 3.63) is 29.3 Å². The SMILES string of the molecule is Cc1cccc(C)c1OCC(=O)NC1CCS(=O)(=O)C1. The van der Waals surface area contributed by atoms with Crippen molar-refractivity contribution in [1.29, 1.82) is 0 Å². The number of aryl methyl sites for hydroxylation is 2. The maximum absolute atomic E-state index is 11.8. The van der Waals surface area contributed by atoms with Crippen LogP contribution in [0.2, 0.25) is 0 Å². The Kier molecular flexibility index (Phi) is 4.32. The van der Waals surface area contributed by atoms with Gasteiger partial charge in [-0.2, -0.15) is 0 Å². The minimum Gasteiger partial charge on any atom is -0.483 e. The molecule has 1 fully saturated rings. The molecule has 5 nitrogen and oxygen atoms in total. The number of ether oxygens (including phenoxy) is 1. The van der Waals surface area contributed by atoms with Gasteiger partial charge in [0.15, 0.2) is 16.4 Å². The lowest BCUT2D eigenvalue weighted by molar-refractivity contribution is -0.123. The van der Waals surface area contributed by atoms with Crippen molar-refractivity contribution < 1.29 is 17.9 Å². The molecule has 1 aromatic rings. The fraction of sp³-hybridized carbons (Fsp3) is 0.500. The van der Waals surface area contributed by atoms with Crippen LogP contribution in [0.5, 0.6) is 5.75 Å². The van der Waals surface area contributed by atoms with Crippen molar-refractivity contribution in [2.45, 2.75) is 26.3 Å². The van der Waals surface area contributed by atoms with E-state index in [0.29, 0.717) is 12.2 Å². The van der Waals surface area contributed by atoms with Crippen LogP contribution in [0, 0.1) is 13.8 Å². The van der Waals surface area contributed by atoms with Crippen LogP contribution in [0.15, 0.2) is 18.2 Å². The smallest absolute Gasteiger partial charge is 0.258 e. The summed E-state index contributed by atoms with van der Waals surface area (Å²) in [5.74, 6) is 0.606. The van der Waals surface area contributed by atoms with Gasteiger partial charge in [-0.1, -0.05) is 18.2 Å². The number of benzene rings is 1. The maximum atomic E-state index is 11.8. The van der Waals surface area contributed by atoms with E-state index >= 15 is 0 Å². The number of carbonyl (C=O) groups excluding carboxylic acids is 1. The van der Waals surface area contributed by atoms with Gasteiger partial charge < -0.3 is 10.1 Å². The summed E-state index contributed by atoms with van der Waals surface area (Å²) in [5.41, 5.74) is 1.95. The van der Waals surface area contributed by atoms with E-state index in [-0.39, 0.29) is 30.1 Å². The van der Waals surface area contributed by atoms with E-state index in [9.17, 15) is 13.2 Å². The van der Waals surface area contributed by atoms with E-state index in [4.69, 9.17) is 4.74 Å². The minimum absolute atomic E-state index is 0.0299. The van der Waals surface area contributed by atoms with Gasteiger partial charge in [0.25, 0.3) is 5.91 Å². The molecule has 2 rings (SSSR count).